The Kier molecular flexibility index (Phi) is 4.08. The van der Waals surface area contributed by atoms with Crippen LogP contribution < -0.4 is 10.1 Å². The topological polar surface area (TPSA) is 60.3 Å². The summed E-state index contributed by atoms with van der Waals surface area (Å²) in [4.78, 5) is 25.0. The Balaban J connectivity index is 1.91. The highest BCUT2D eigenvalue weighted by Crippen LogP contribution is 2.25. The van der Waals surface area contributed by atoms with Gasteiger partial charge in [0.25, 0.3) is 11.7 Å². The smallest absolute Gasteiger partial charge is 0.296 e. The number of ketones is 1. The first kappa shape index (κ1) is 15.8. The molecule has 122 valence electrons. The van der Waals surface area contributed by atoms with Gasteiger partial charge in [-0.1, -0.05) is 18.2 Å². The first-order valence-corrected chi connectivity index (χ1v) is 7.56. The van der Waals surface area contributed by atoms with Gasteiger partial charge < -0.3 is 14.6 Å². The van der Waals surface area contributed by atoms with Crippen LogP contribution >= 0.6 is 0 Å². The van der Waals surface area contributed by atoms with Gasteiger partial charge in [-0.25, -0.2) is 0 Å². The summed E-state index contributed by atoms with van der Waals surface area (Å²) in [5, 5.41) is 3.42. The van der Waals surface area contributed by atoms with Crippen molar-refractivity contribution >= 4 is 28.3 Å². The number of hydrogen-bond acceptors (Lipinski definition) is 3. The van der Waals surface area contributed by atoms with E-state index >= 15 is 0 Å². The van der Waals surface area contributed by atoms with Crippen molar-refractivity contribution in [3.63, 3.8) is 0 Å². The summed E-state index contributed by atoms with van der Waals surface area (Å²) in [6, 6.07) is 14.4. The molecule has 0 fully saturated rings. The van der Waals surface area contributed by atoms with Crippen LogP contribution in [0.4, 0.5) is 5.69 Å². The third-order valence-corrected chi connectivity index (χ3v) is 4.18. The average Bonchev–Trinajstić information content (AvgIpc) is 2.86. The van der Waals surface area contributed by atoms with Crippen molar-refractivity contribution in [2.75, 3.05) is 12.4 Å². The largest absolute Gasteiger partial charge is 0.497 e. The van der Waals surface area contributed by atoms with E-state index in [9.17, 15) is 9.59 Å². The van der Waals surface area contributed by atoms with Crippen LogP contribution in [-0.4, -0.2) is 23.4 Å². The van der Waals surface area contributed by atoms with Gasteiger partial charge in [0.05, 0.1) is 12.7 Å². The lowest BCUT2D eigenvalue weighted by Crippen LogP contribution is -2.23. The van der Waals surface area contributed by atoms with Gasteiger partial charge in [-0.2, -0.15) is 0 Å². The van der Waals surface area contributed by atoms with E-state index in [0.717, 1.165) is 16.6 Å². The quantitative estimate of drug-likeness (QED) is 0.592. The molecule has 0 aliphatic carbocycles. The Labute approximate surface area is 139 Å². The van der Waals surface area contributed by atoms with Crippen LogP contribution in [0.2, 0.25) is 0 Å². The van der Waals surface area contributed by atoms with Gasteiger partial charge in [0.1, 0.15) is 5.75 Å². The van der Waals surface area contributed by atoms with Crippen LogP contribution in [0.1, 0.15) is 16.1 Å². The summed E-state index contributed by atoms with van der Waals surface area (Å²) in [6.45, 7) is 1.84. The van der Waals surface area contributed by atoms with Gasteiger partial charge in [-0.15, -0.1) is 0 Å². The maximum atomic E-state index is 12.7. The minimum absolute atomic E-state index is 0.444. The van der Waals surface area contributed by atoms with Gasteiger partial charge in [0, 0.05) is 29.3 Å². The summed E-state index contributed by atoms with van der Waals surface area (Å²) in [5.41, 5.74) is 2.69. The number of aromatic nitrogens is 1. The molecule has 5 nitrogen and oxygen atoms in total. The highest BCUT2D eigenvalue weighted by atomic mass is 16.5. The van der Waals surface area contributed by atoms with Crippen LogP contribution in [-0.2, 0) is 11.8 Å². The molecule has 5 heteroatoms. The first-order chi connectivity index (χ1) is 11.5. The van der Waals surface area contributed by atoms with E-state index in [1.807, 2.05) is 42.8 Å². The van der Waals surface area contributed by atoms with Gasteiger partial charge in [0.15, 0.2) is 0 Å². The molecule has 0 unspecified atom stereocenters. The van der Waals surface area contributed by atoms with Crippen LogP contribution in [0.5, 0.6) is 5.75 Å². The van der Waals surface area contributed by atoms with Gasteiger partial charge >= 0.3 is 0 Å². The molecule has 0 bridgehead atoms. The Morgan fingerprint density at radius 1 is 1.04 bits per heavy atom. The Morgan fingerprint density at radius 3 is 2.38 bits per heavy atom. The summed E-state index contributed by atoms with van der Waals surface area (Å²) in [6.07, 6.45) is 0. The van der Waals surface area contributed by atoms with Crippen molar-refractivity contribution in [3.05, 3.63) is 59.8 Å². The molecule has 0 aliphatic heterocycles. The number of para-hydroxylation sites is 1. The standard InChI is InChI=1S/C19H18N2O3/c1-12-17(15-6-4-5-7-16(15)21(12)2)18(22)19(23)20-13-8-10-14(24-3)11-9-13/h4-11H,1-3H3,(H,20,23). The molecule has 0 aliphatic rings. The summed E-state index contributed by atoms with van der Waals surface area (Å²) < 4.78 is 7.00. The van der Waals surface area contributed by atoms with Gasteiger partial charge in [-0.05, 0) is 37.3 Å². The average molecular weight is 322 g/mol. The predicted octanol–water partition coefficient (Wildman–Crippen LogP) is 3.32. The van der Waals surface area contributed by atoms with E-state index < -0.39 is 11.7 Å². The number of carbonyl (C=O) groups is 2. The highest BCUT2D eigenvalue weighted by Gasteiger charge is 2.24. The molecular weight excluding hydrogens is 304 g/mol. The van der Waals surface area contributed by atoms with E-state index in [4.69, 9.17) is 4.74 Å². The Bertz CT molecular complexity index is 924. The molecule has 1 amide bonds. The Hall–Kier alpha value is -3.08. The number of rotatable bonds is 4. The minimum Gasteiger partial charge on any atom is -0.497 e. The van der Waals surface area contributed by atoms with Crippen LogP contribution in [0, 0.1) is 6.92 Å². The fourth-order valence-electron chi connectivity index (χ4n) is 2.78. The number of hydrogen-bond donors (Lipinski definition) is 1. The first-order valence-electron chi connectivity index (χ1n) is 7.56. The molecule has 1 heterocycles. The summed E-state index contributed by atoms with van der Waals surface area (Å²) in [5.74, 6) is -0.510. The highest BCUT2D eigenvalue weighted by molar-refractivity contribution is 6.48. The number of aryl methyl sites for hydroxylation is 1. The van der Waals surface area contributed by atoms with E-state index in [2.05, 4.69) is 5.32 Å². The molecule has 0 saturated carbocycles. The summed E-state index contributed by atoms with van der Waals surface area (Å²) >= 11 is 0. The Morgan fingerprint density at radius 2 is 1.71 bits per heavy atom. The number of ether oxygens (including phenoxy) is 1. The van der Waals surface area contributed by atoms with Crippen molar-refractivity contribution in [2.24, 2.45) is 7.05 Å². The lowest BCUT2D eigenvalue weighted by atomic mass is 10.1. The van der Waals surface area contributed by atoms with Crippen molar-refractivity contribution < 1.29 is 14.3 Å². The lowest BCUT2D eigenvalue weighted by molar-refractivity contribution is -0.112. The fourth-order valence-corrected chi connectivity index (χ4v) is 2.78. The number of amides is 1. The number of benzene rings is 2. The second kappa shape index (κ2) is 6.20. The number of Topliss-reactive ketones (excluding diaryl/α,β-unsaturated/α-hetero) is 1. The zero-order chi connectivity index (χ0) is 17.3. The number of nitrogens with zero attached hydrogens (tertiary/aromatic N) is 1. The van der Waals surface area contributed by atoms with E-state index in [-0.39, 0.29) is 0 Å². The maximum absolute atomic E-state index is 12.7. The molecule has 0 atom stereocenters. The zero-order valence-corrected chi connectivity index (χ0v) is 13.8. The number of methoxy groups -OCH3 is 1. The predicted molar refractivity (Wildman–Crippen MR) is 93.6 cm³/mol. The van der Waals surface area contributed by atoms with Crippen LogP contribution in [0.3, 0.4) is 0 Å². The molecule has 1 N–H and O–H groups in total. The number of anilines is 1. The van der Waals surface area contributed by atoms with Crippen molar-refractivity contribution in [1.82, 2.24) is 4.57 Å². The SMILES string of the molecule is COc1ccc(NC(=O)C(=O)c2c(C)n(C)c3ccccc23)cc1. The molecule has 1 aromatic heterocycles. The normalized spacial score (nSPS) is 10.6. The number of carbonyl (C=O) groups excluding carboxylic acids is 2. The molecule has 2 aromatic carbocycles. The van der Waals surface area contributed by atoms with E-state index in [1.165, 1.54) is 0 Å². The number of nitrogens with one attached hydrogen (secondary N) is 1. The molecule has 3 aromatic rings. The molecule has 0 saturated heterocycles. The molecular formula is C19H18N2O3. The van der Waals surface area contributed by atoms with Crippen molar-refractivity contribution in [3.8, 4) is 5.75 Å². The third-order valence-electron chi connectivity index (χ3n) is 4.18. The second-order valence-electron chi connectivity index (χ2n) is 5.55. The molecule has 0 spiro atoms. The zero-order valence-electron chi connectivity index (χ0n) is 13.8. The monoisotopic (exact) mass is 322 g/mol. The molecule has 0 radical (unpaired) electrons. The van der Waals surface area contributed by atoms with Crippen LogP contribution in [0.15, 0.2) is 48.5 Å². The maximum Gasteiger partial charge on any atom is 0.296 e. The van der Waals surface area contributed by atoms with E-state index in [0.29, 0.717) is 17.0 Å². The summed E-state index contributed by atoms with van der Waals surface area (Å²) in [7, 11) is 3.45. The number of fused-ring (bicyclic) bond motifs is 1. The van der Waals surface area contributed by atoms with Gasteiger partial charge in [-0.3, -0.25) is 9.59 Å². The fraction of sp³-hybridized carbons (Fsp3) is 0.158. The lowest BCUT2D eigenvalue weighted by Gasteiger charge is -2.06. The van der Waals surface area contributed by atoms with Crippen LogP contribution in [0.25, 0.3) is 10.9 Å². The third kappa shape index (κ3) is 2.65. The van der Waals surface area contributed by atoms with Gasteiger partial charge in [0.2, 0.25) is 0 Å². The van der Waals surface area contributed by atoms with Crippen molar-refractivity contribution in [2.45, 2.75) is 6.92 Å². The molecule has 24 heavy (non-hydrogen) atoms. The van der Waals surface area contributed by atoms with E-state index in [1.54, 1.807) is 31.4 Å². The molecule has 3 rings (SSSR count). The van der Waals surface area contributed by atoms with Crippen molar-refractivity contribution in [1.29, 1.82) is 0 Å². The minimum atomic E-state index is -0.653. The second-order valence-corrected chi connectivity index (χ2v) is 5.55.